The molecule has 0 atom stereocenters. The molecular formula is C22H30N4O3. The first-order chi connectivity index (χ1) is 13.6. The van der Waals surface area contributed by atoms with Crippen molar-refractivity contribution in [1.82, 2.24) is 20.7 Å². The van der Waals surface area contributed by atoms with Crippen LogP contribution >= 0.6 is 0 Å². The van der Waals surface area contributed by atoms with Crippen molar-refractivity contribution in [2.45, 2.75) is 47.5 Å². The smallest absolute Gasteiger partial charge is 0.271 e. The molecule has 0 bridgehead atoms. The van der Waals surface area contributed by atoms with E-state index in [1.54, 1.807) is 6.07 Å². The van der Waals surface area contributed by atoms with E-state index in [0.29, 0.717) is 18.5 Å². The number of rotatable bonds is 6. The zero-order valence-electron chi connectivity index (χ0n) is 17.8. The van der Waals surface area contributed by atoms with Gasteiger partial charge in [-0.3, -0.25) is 25.2 Å². The van der Waals surface area contributed by atoms with E-state index in [0.717, 1.165) is 17.1 Å². The van der Waals surface area contributed by atoms with Crippen molar-refractivity contribution < 1.29 is 14.4 Å². The van der Waals surface area contributed by atoms with Gasteiger partial charge in [0.1, 0.15) is 0 Å². The van der Waals surface area contributed by atoms with Crippen molar-refractivity contribution in [3.05, 3.63) is 53.3 Å². The highest BCUT2D eigenvalue weighted by molar-refractivity contribution is 5.97. The summed E-state index contributed by atoms with van der Waals surface area (Å²) in [5, 5.41) is 2.79. The Bertz CT molecular complexity index is 879. The molecule has 2 rings (SSSR count). The quantitative estimate of drug-likeness (QED) is 0.516. The highest BCUT2D eigenvalue weighted by Crippen LogP contribution is 2.20. The molecule has 0 saturated carbocycles. The average molecular weight is 399 g/mol. The van der Waals surface area contributed by atoms with Crippen LogP contribution in [0.25, 0.3) is 5.69 Å². The number of nitrogens with zero attached hydrogens (tertiary/aromatic N) is 1. The topological polar surface area (TPSA) is 92.2 Å². The van der Waals surface area contributed by atoms with Gasteiger partial charge in [-0.25, -0.2) is 0 Å². The number of aryl methyl sites for hydroxylation is 1. The lowest BCUT2D eigenvalue weighted by Crippen LogP contribution is -2.42. The van der Waals surface area contributed by atoms with Crippen molar-refractivity contribution in [3.63, 3.8) is 0 Å². The van der Waals surface area contributed by atoms with Gasteiger partial charge >= 0.3 is 0 Å². The standard InChI is InChI=1S/C22H30N4O3/c1-15-14-18(16(2)26(15)17-10-7-6-8-11-17)20(28)25-24-19(27)12-9-13-23-21(29)22(3,4)5/h6-8,10-11,14H,9,12-13H2,1-5H3,(H,23,29)(H,24,27)(H,25,28). The Balaban J connectivity index is 1.85. The second-order valence-electron chi connectivity index (χ2n) is 8.07. The van der Waals surface area contributed by atoms with Gasteiger partial charge in [0.15, 0.2) is 0 Å². The second-order valence-corrected chi connectivity index (χ2v) is 8.07. The van der Waals surface area contributed by atoms with Crippen LogP contribution in [-0.2, 0) is 9.59 Å². The second kappa shape index (κ2) is 9.41. The van der Waals surface area contributed by atoms with Crippen molar-refractivity contribution in [1.29, 1.82) is 0 Å². The fourth-order valence-electron chi connectivity index (χ4n) is 2.94. The van der Waals surface area contributed by atoms with Crippen LogP contribution in [-0.4, -0.2) is 28.8 Å². The molecule has 156 valence electrons. The highest BCUT2D eigenvalue weighted by atomic mass is 16.2. The van der Waals surface area contributed by atoms with Gasteiger partial charge in [0.05, 0.1) is 5.56 Å². The maximum atomic E-state index is 12.5. The molecule has 7 nitrogen and oxygen atoms in total. The first kappa shape index (κ1) is 22.2. The Labute approximate surface area is 171 Å². The molecule has 7 heteroatoms. The minimum absolute atomic E-state index is 0.0556. The van der Waals surface area contributed by atoms with Crippen LogP contribution in [0.5, 0.6) is 0 Å². The Hall–Kier alpha value is -3.09. The zero-order valence-corrected chi connectivity index (χ0v) is 17.8. The molecule has 1 aromatic heterocycles. The molecule has 2 aromatic rings. The summed E-state index contributed by atoms with van der Waals surface area (Å²) >= 11 is 0. The number of amides is 3. The predicted molar refractivity (Wildman–Crippen MR) is 113 cm³/mol. The fraction of sp³-hybridized carbons (Fsp3) is 0.409. The largest absolute Gasteiger partial charge is 0.356 e. The normalized spacial score (nSPS) is 11.1. The van der Waals surface area contributed by atoms with Gasteiger partial charge < -0.3 is 9.88 Å². The Morgan fingerprint density at radius 3 is 2.28 bits per heavy atom. The molecule has 0 unspecified atom stereocenters. The third-order valence-electron chi connectivity index (χ3n) is 4.55. The number of hydrogen-bond acceptors (Lipinski definition) is 3. The summed E-state index contributed by atoms with van der Waals surface area (Å²) in [6, 6.07) is 11.6. The molecule has 0 fully saturated rings. The molecule has 1 heterocycles. The number of hydrazine groups is 1. The monoisotopic (exact) mass is 398 g/mol. The van der Waals surface area contributed by atoms with E-state index >= 15 is 0 Å². The third kappa shape index (κ3) is 5.94. The highest BCUT2D eigenvalue weighted by Gasteiger charge is 2.20. The van der Waals surface area contributed by atoms with Crippen LogP contribution in [0.4, 0.5) is 0 Å². The van der Waals surface area contributed by atoms with Gasteiger partial charge in [-0.1, -0.05) is 39.0 Å². The lowest BCUT2D eigenvalue weighted by Gasteiger charge is -2.17. The van der Waals surface area contributed by atoms with Gasteiger partial charge in [-0.15, -0.1) is 0 Å². The summed E-state index contributed by atoms with van der Waals surface area (Å²) in [4.78, 5) is 36.2. The van der Waals surface area contributed by atoms with Crippen LogP contribution in [0.1, 0.15) is 55.4 Å². The summed E-state index contributed by atoms with van der Waals surface area (Å²) in [6.45, 7) is 9.71. The minimum atomic E-state index is -0.456. The SMILES string of the molecule is Cc1cc(C(=O)NNC(=O)CCCNC(=O)C(C)(C)C)c(C)n1-c1ccccc1. The van der Waals surface area contributed by atoms with Crippen molar-refractivity contribution in [3.8, 4) is 5.69 Å². The average Bonchev–Trinajstić information content (AvgIpc) is 2.97. The molecular weight excluding hydrogens is 368 g/mol. The molecule has 29 heavy (non-hydrogen) atoms. The molecule has 0 aliphatic heterocycles. The van der Waals surface area contributed by atoms with Crippen LogP contribution in [0.3, 0.4) is 0 Å². The van der Waals surface area contributed by atoms with E-state index in [2.05, 4.69) is 16.2 Å². The maximum absolute atomic E-state index is 12.5. The fourth-order valence-corrected chi connectivity index (χ4v) is 2.94. The number of carbonyl (C=O) groups excluding carboxylic acids is 3. The van der Waals surface area contributed by atoms with Crippen LogP contribution in [0, 0.1) is 19.3 Å². The van der Waals surface area contributed by atoms with Crippen LogP contribution in [0.2, 0.25) is 0 Å². The van der Waals surface area contributed by atoms with E-state index in [-0.39, 0.29) is 24.1 Å². The maximum Gasteiger partial charge on any atom is 0.271 e. The lowest BCUT2D eigenvalue weighted by atomic mass is 9.96. The Morgan fingerprint density at radius 2 is 1.66 bits per heavy atom. The first-order valence-electron chi connectivity index (χ1n) is 9.73. The molecule has 0 saturated heterocycles. The van der Waals surface area contributed by atoms with E-state index in [9.17, 15) is 14.4 Å². The van der Waals surface area contributed by atoms with Crippen LogP contribution in [0.15, 0.2) is 36.4 Å². The van der Waals surface area contributed by atoms with Gasteiger partial charge in [0.2, 0.25) is 11.8 Å². The van der Waals surface area contributed by atoms with Crippen molar-refractivity contribution in [2.24, 2.45) is 5.41 Å². The van der Waals surface area contributed by atoms with Gasteiger partial charge in [-0.2, -0.15) is 0 Å². The minimum Gasteiger partial charge on any atom is -0.356 e. The lowest BCUT2D eigenvalue weighted by molar-refractivity contribution is -0.128. The summed E-state index contributed by atoms with van der Waals surface area (Å²) in [5.41, 5.74) is 7.65. The number of hydrogen-bond donors (Lipinski definition) is 3. The molecule has 3 amide bonds. The summed E-state index contributed by atoms with van der Waals surface area (Å²) in [5.74, 6) is -0.727. The van der Waals surface area contributed by atoms with Crippen LogP contribution < -0.4 is 16.2 Å². The number of aromatic nitrogens is 1. The number of para-hydroxylation sites is 1. The molecule has 0 aliphatic carbocycles. The Kier molecular flexibility index (Phi) is 7.20. The number of benzene rings is 1. The van der Waals surface area contributed by atoms with E-state index in [1.807, 2.05) is 69.5 Å². The molecule has 0 spiro atoms. The number of nitrogens with one attached hydrogen (secondary N) is 3. The van der Waals surface area contributed by atoms with Crippen molar-refractivity contribution >= 4 is 17.7 Å². The summed E-state index contributed by atoms with van der Waals surface area (Å²) in [7, 11) is 0. The molecule has 1 aromatic carbocycles. The van der Waals surface area contributed by atoms with Gasteiger partial charge in [0, 0.05) is 35.5 Å². The van der Waals surface area contributed by atoms with E-state index < -0.39 is 5.41 Å². The molecule has 0 radical (unpaired) electrons. The van der Waals surface area contributed by atoms with Gasteiger partial charge in [0.25, 0.3) is 5.91 Å². The summed E-state index contributed by atoms with van der Waals surface area (Å²) in [6.07, 6.45) is 0.694. The Morgan fingerprint density at radius 1 is 1.00 bits per heavy atom. The third-order valence-corrected chi connectivity index (χ3v) is 4.55. The zero-order chi connectivity index (χ0) is 21.6. The van der Waals surface area contributed by atoms with Gasteiger partial charge in [-0.05, 0) is 38.5 Å². The number of carbonyl (C=O) groups is 3. The summed E-state index contributed by atoms with van der Waals surface area (Å²) < 4.78 is 1.99. The molecule has 3 N–H and O–H groups in total. The van der Waals surface area contributed by atoms with E-state index in [4.69, 9.17) is 0 Å². The molecule has 0 aliphatic rings. The predicted octanol–water partition coefficient (Wildman–Crippen LogP) is 2.80. The first-order valence-corrected chi connectivity index (χ1v) is 9.73. The van der Waals surface area contributed by atoms with Crippen molar-refractivity contribution in [2.75, 3.05) is 6.54 Å². The van der Waals surface area contributed by atoms with E-state index in [1.165, 1.54) is 0 Å².